The molecule has 0 saturated carbocycles. The molecular weight excluding hydrogens is 200 g/mol. The van der Waals surface area contributed by atoms with Gasteiger partial charge in [-0.15, -0.1) is 0 Å². The molecule has 14 heavy (non-hydrogen) atoms. The predicted octanol–water partition coefficient (Wildman–Crippen LogP) is 1.33. The molecule has 1 rings (SSSR count). The molecule has 0 fully saturated rings. The van der Waals surface area contributed by atoms with E-state index in [2.05, 4.69) is 0 Å². The van der Waals surface area contributed by atoms with E-state index in [-0.39, 0.29) is 0 Å². The van der Waals surface area contributed by atoms with E-state index in [0.717, 1.165) is 18.4 Å². The third kappa shape index (κ3) is 2.72. The van der Waals surface area contributed by atoms with Crippen LogP contribution in [0.2, 0.25) is 5.02 Å². The van der Waals surface area contributed by atoms with Crippen LogP contribution in [-0.2, 0) is 6.42 Å². The SMILES string of the molecule is NCCCc1ccc(Cl)cc1C(N)=O. The van der Waals surface area contributed by atoms with Crippen molar-refractivity contribution in [3.8, 4) is 0 Å². The summed E-state index contributed by atoms with van der Waals surface area (Å²) in [4.78, 5) is 11.1. The molecule has 0 aliphatic heterocycles. The molecule has 4 heteroatoms. The molecule has 1 aromatic rings. The molecular formula is C10H13ClN2O. The number of primary amides is 1. The van der Waals surface area contributed by atoms with Crippen molar-refractivity contribution in [2.45, 2.75) is 12.8 Å². The van der Waals surface area contributed by atoms with E-state index in [1.54, 1.807) is 12.1 Å². The molecule has 1 aromatic carbocycles. The molecule has 0 atom stereocenters. The van der Waals surface area contributed by atoms with Crippen molar-refractivity contribution in [2.75, 3.05) is 6.54 Å². The Balaban J connectivity index is 2.96. The van der Waals surface area contributed by atoms with E-state index < -0.39 is 5.91 Å². The van der Waals surface area contributed by atoms with Crippen LogP contribution in [0.3, 0.4) is 0 Å². The summed E-state index contributed by atoms with van der Waals surface area (Å²) in [6.07, 6.45) is 1.59. The Morgan fingerprint density at radius 2 is 2.14 bits per heavy atom. The summed E-state index contributed by atoms with van der Waals surface area (Å²) >= 11 is 5.76. The highest BCUT2D eigenvalue weighted by molar-refractivity contribution is 6.31. The summed E-state index contributed by atoms with van der Waals surface area (Å²) in [7, 11) is 0. The Labute approximate surface area is 88.0 Å². The number of hydrogen-bond donors (Lipinski definition) is 2. The molecule has 0 radical (unpaired) electrons. The van der Waals surface area contributed by atoms with E-state index in [9.17, 15) is 4.79 Å². The second-order valence-electron chi connectivity index (χ2n) is 3.06. The minimum atomic E-state index is -0.445. The first-order valence-corrected chi connectivity index (χ1v) is 4.81. The Kier molecular flexibility index (Phi) is 3.92. The molecule has 76 valence electrons. The molecule has 0 heterocycles. The lowest BCUT2D eigenvalue weighted by Gasteiger charge is -2.06. The molecule has 0 aliphatic carbocycles. The second-order valence-corrected chi connectivity index (χ2v) is 3.49. The van der Waals surface area contributed by atoms with Gasteiger partial charge in [-0.05, 0) is 37.1 Å². The summed E-state index contributed by atoms with van der Waals surface area (Å²) in [5, 5.41) is 0.523. The molecule has 0 aromatic heterocycles. The summed E-state index contributed by atoms with van der Waals surface area (Å²) in [5.74, 6) is -0.445. The fourth-order valence-corrected chi connectivity index (χ4v) is 1.46. The molecule has 0 spiro atoms. The smallest absolute Gasteiger partial charge is 0.249 e. The Morgan fingerprint density at radius 3 is 2.71 bits per heavy atom. The van der Waals surface area contributed by atoms with Crippen molar-refractivity contribution in [2.24, 2.45) is 11.5 Å². The molecule has 0 bridgehead atoms. The van der Waals surface area contributed by atoms with Crippen LogP contribution in [0, 0.1) is 0 Å². The van der Waals surface area contributed by atoms with Crippen molar-refractivity contribution in [1.82, 2.24) is 0 Å². The van der Waals surface area contributed by atoms with Gasteiger partial charge >= 0.3 is 0 Å². The number of carbonyl (C=O) groups is 1. The van der Waals surface area contributed by atoms with Gasteiger partial charge in [0.1, 0.15) is 0 Å². The van der Waals surface area contributed by atoms with Gasteiger partial charge in [-0.3, -0.25) is 4.79 Å². The standard InChI is InChI=1S/C10H13ClN2O/c11-8-4-3-7(2-1-5-12)9(6-8)10(13)14/h3-4,6H,1-2,5,12H2,(H2,13,14). The van der Waals surface area contributed by atoms with Gasteiger partial charge < -0.3 is 11.5 Å². The third-order valence-corrected chi connectivity index (χ3v) is 2.22. The average molecular weight is 213 g/mol. The molecule has 3 nitrogen and oxygen atoms in total. The van der Waals surface area contributed by atoms with Crippen LogP contribution in [0.25, 0.3) is 0 Å². The maximum absolute atomic E-state index is 11.1. The number of hydrogen-bond acceptors (Lipinski definition) is 2. The van der Waals surface area contributed by atoms with E-state index >= 15 is 0 Å². The van der Waals surface area contributed by atoms with Gasteiger partial charge in [0, 0.05) is 10.6 Å². The van der Waals surface area contributed by atoms with Crippen LogP contribution in [0.1, 0.15) is 22.3 Å². The van der Waals surface area contributed by atoms with Crippen LogP contribution >= 0.6 is 11.6 Å². The van der Waals surface area contributed by atoms with E-state index in [1.165, 1.54) is 0 Å². The van der Waals surface area contributed by atoms with Gasteiger partial charge in [0.15, 0.2) is 0 Å². The first kappa shape index (κ1) is 11.0. The van der Waals surface area contributed by atoms with Gasteiger partial charge in [-0.1, -0.05) is 17.7 Å². The zero-order chi connectivity index (χ0) is 10.6. The van der Waals surface area contributed by atoms with Gasteiger partial charge in [-0.25, -0.2) is 0 Å². The van der Waals surface area contributed by atoms with Crippen molar-refractivity contribution < 1.29 is 4.79 Å². The highest BCUT2D eigenvalue weighted by atomic mass is 35.5. The Bertz CT molecular complexity index is 339. The fraction of sp³-hybridized carbons (Fsp3) is 0.300. The van der Waals surface area contributed by atoms with Gasteiger partial charge in [0.05, 0.1) is 0 Å². The first-order valence-electron chi connectivity index (χ1n) is 4.43. The van der Waals surface area contributed by atoms with Crippen LogP contribution < -0.4 is 11.5 Å². The minimum absolute atomic E-state index is 0.445. The normalized spacial score (nSPS) is 10.1. The van der Waals surface area contributed by atoms with E-state index in [0.29, 0.717) is 17.1 Å². The van der Waals surface area contributed by atoms with Crippen LogP contribution in [0.5, 0.6) is 0 Å². The van der Waals surface area contributed by atoms with Gasteiger partial charge in [-0.2, -0.15) is 0 Å². The molecule has 0 unspecified atom stereocenters. The molecule has 1 amide bonds. The highest BCUT2D eigenvalue weighted by Crippen LogP contribution is 2.16. The lowest BCUT2D eigenvalue weighted by Crippen LogP contribution is -2.14. The van der Waals surface area contributed by atoms with Crippen LogP contribution in [0.4, 0.5) is 0 Å². The predicted molar refractivity (Wildman–Crippen MR) is 57.3 cm³/mol. The second kappa shape index (κ2) is 4.98. The highest BCUT2D eigenvalue weighted by Gasteiger charge is 2.07. The van der Waals surface area contributed by atoms with Crippen LogP contribution in [0.15, 0.2) is 18.2 Å². The number of halogens is 1. The summed E-state index contributed by atoms with van der Waals surface area (Å²) < 4.78 is 0. The number of benzene rings is 1. The minimum Gasteiger partial charge on any atom is -0.366 e. The maximum atomic E-state index is 11.1. The van der Waals surface area contributed by atoms with Gasteiger partial charge in [0.2, 0.25) is 5.91 Å². The topological polar surface area (TPSA) is 69.1 Å². The fourth-order valence-electron chi connectivity index (χ4n) is 1.29. The van der Waals surface area contributed by atoms with Gasteiger partial charge in [0.25, 0.3) is 0 Å². The molecule has 0 saturated heterocycles. The summed E-state index contributed by atoms with van der Waals surface area (Å²) in [6, 6.07) is 5.16. The number of nitrogens with two attached hydrogens (primary N) is 2. The molecule has 0 aliphatic rings. The van der Waals surface area contributed by atoms with Crippen molar-refractivity contribution in [1.29, 1.82) is 0 Å². The Hall–Kier alpha value is -1.06. The summed E-state index contributed by atoms with van der Waals surface area (Å²) in [6.45, 7) is 0.598. The maximum Gasteiger partial charge on any atom is 0.249 e. The number of rotatable bonds is 4. The quantitative estimate of drug-likeness (QED) is 0.791. The summed E-state index contributed by atoms with van der Waals surface area (Å²) in [5.41, 5.74) is 12.0. The number of amides is 1. The first-order chi connectivity index (χ1) is 6.65. The Morgan fingerprint density at radius 1 is 1.43 bits per heavy atom. The largest absolute Gasteiger partial charge is 0.366 e. The number of carbonyl (C=O) groups excluding carboxylic acids is 1. The zero-order valence-electron chi connectivity index (χ0n) is 7.79. The van der Waals surface area contributed by atoms with Crippen LogP contribution in [-0.4, -0.2) is 12.5 Å². The zero-order valence-corrected chi connectivity index (χ0v) is 8.55. The third-order valence-electron chi connectivity index (χ3n) is 1.99. The average Bonchev–Trinajstić information content (AvgIpc) is 2.15. The van der Waals surface area contributed by atoms with Crippen molar-refractivity contribution >= 4 is 17.5 Å². The monoisotopic (exact) mass is 212 g/mol. The lowest BCUT2D eigenvalue weighted by atomic mass is 10.0. The van der Waals surface area contributed by atoms with E-state index in [4.69, 9.17) is 23.1 Å². The van der Waals surface area contributed by atoms with Crippen molar-refractivity contribution in [3.05, 3.63) is 34.3 Å². The van der Waals surface area contributed by atoms with E-state index in [1.807, 2.05) is 6.07 Å². The van der Waals surface area contributed by atoms with Crippen molar-refractivity contribution in [3.63, 3.8) is 0 Å². The number of aryl methyl sites for hydroxylation is 1. The molecule has 4 N–H and O–H groups in total. The lowest BCUT2D eigenvalue weighted by molar-refractivity contribution is 0.0999.